The van der Waals surface area contributed by atoms with Gasteiger partial charge in [0.1, 0.15) is 0 Å². The molecule has 0 heterocycles. The van der Waals surface area contributed by atoms with Gasteiger partial charge >= 0.3 is 0 Å². The van der Waals surface area contributed by atoms with Crippen LogP contribution in [0, 0.1) is 0 Å². The van der Waals surface area contributed by atoms with E-state index in [2.05, 4.69) is 0 Å². The van der Waals surface area contributed by atoms with Gasteiger partial charge in [0, 0.05) is 27.2 Å². The Balaban J connectivity index is 3.81. The summed E-state index contributed by atoms with van der Waals surface area (Å²) in [6.07, 6.45) is 0. The van der Waals surface area contributed by atoms with E-state index in [1.807, 2.05) is 0 Å². The third kappa shape index (κ3) is 8.13. The second-order valence-corrected chi connectivity index (χ2v) is 5.22. The molecule has 0 saturated carbocycles. The van der Waals surface area contributed by atoms with Gasteiger partial charge in [0.25, 0.3) is 0 Å². The highest BCUT2D eigenvalue weighted by Crippen LogP contribution is 1.91. The van der Waals surface area contributed by atoms with Crippen LogP contribution in [0.15, 0.2) is 0 Å². The van der Waals surface area contributed by atoms with Gasteiger partial charge in [-0.1, -0.05) is 0 Å². The van der Waals surface area contributed by atoms with Crippen LogP contribution in [-0.4, -0.2) is 67.6 Å². The zero-order valence-corrected chi connectivity index (χ0v) is 8.66. The first-order chi connectivity index (χ1) is 5.83. The smallest absolute Gasteiger partial charge is 0.153 e. The lowest BCUT2D eigenvalue weighted by molar-refractivity contribution is -0.0601. The summed E-state index contributed by atoms with van der Waals surface area (Å²) in [7, 11) is -0.410. The van der Waals surface area contributed by atoms with E-state index in [1.165, 1.54) is 14.1 Å². The Kier molecular flexibility index (Phi) is 5.42. The van der Waals surface area contributed by atoms with E-state index in [0.717, 1.165) is 10.1 Å². The van der Waals surface area contributed by atoms with Crippen LogP contribution in [-0.2, 0) is 9.84 Å². The lowest BCUT2D eigenvalue weighted by Gasteiger charge is -2.10. The summed E-state index contributed by atoms with van der Waals surface area (Å²) in [5.74, 6) is -0.207. The first-order valence-corrected chi connectivity index (χ1v) is 5.66. The lowest BCUT2D eigenvalue weighted by Crippen LogP contribution is -2.28. The quantitative estimate of drug-likeness (QED) is 0.552. The number of sulfone groups is 1. The van der Waals surface area contributed by atoms with Crippen LogP contribution < -0.4 is 0 Å². The second-order valence-electron chi connectivity index (χ2n) is 2.91. The molecule has 0 atom stereocenters. The number of hydrogen-bond donors (Lipinski definition) is 2. The molecule has 13 heavy (non-hydrogen) atoms. The van der Waals surface area contributed by atoms with Crippen molar-refractivity contribution in [1.29, 1.82) is 0 Å². The molecule has 0 aromatic heterocycles. The van der Waals surface area contributed by atoms with Crippen molar-refractivity contribution in [3.63, 3.8) is 0 Å². The summed E-state index contributed by atoms with van der Waals surface area (Å²) in [6, 6.07) is 0. The minimum Gasteiger partial charge on any atom is -0.314 e. The number of nitrogens with zero attached hydrogens (tertiary/aromatic N) is 2. The summed E-state index contributed by atoms with van der Waals surface area (Å²) < 4.78 is 22.3. The van der Waals surface area contributed by atoms with Crippen LogP contribution in [0.4, 0.5) is 0 Å². The molecule has 80 valence electrons. The molecule has 0 aliphatic rings. The van der Waals surface area contributed by atoms with Crippen molar-refractivity contribution in [3.8, 4) is 0 Å². The van der Waals surface area contributed by atoms with Crippen LogP contribution in [0.1, 0.15) is 0 Å². The summed E-state index contributed by atoms with van der Waals surface area (Å²) >= 11 is 0. The van der Waals surface area contributed by atoms with Crippen LogP contribution in [0.25, 0.3) is 0 Å². The monoisotopic (exact) mass is 212 g/mol. The van der Waals surface area contributed by atoms with E-state index in [4.69, 9.17) is 10.4 Å². The highest BCUT2D eigenvalue weighted by molar-refractivity contribution is 7.91. The topological polar surface area (TPSA) is 81.1 Å². The Morgan fingerprint density at radius 2 is 1.31 bits per heavy atom. The van der Waals surface area contributed by atoms with Crippen molar-refractivity contribution in [2.45, 2.75) is 0 Å². The zero-order valence-electron chi connectivity index (χ0n) is 7.84. The Morgan fingerprint density at radius 3 is 1.54 bits per heavy atom. The number of rotatable bonds is 6. The Bertz CT molecular complexity index is 207. The van der Waals surface area contributed by atoms with E-state index < -0.39 is 9.84 Å². The standard InChI is InChI=1S/C6H16N2O4S/c1-7(9)3-5-13(11,12)6-4-8(2)10/h9-10H,3-6H2,1-2H3. The summed E-state index contributed by atoms with van der Waals surface area (Å²) in [5, 5.41) is 19.0. The summed E-state index contributed by atoms with van der Waals surface area (Å²) in [4.78, 5) is 0. The van der Waals surface area contributed by atoms with Gasteiger partial charge in [-0.3, -0.25) is 0 Å². The molecular formula is C6H16N2O4S. The lowest BCUT2D eigenvalue weighted by atomic mass is 10.7. The van der Waals surface area contributed by atoms with Crippen molar-refractivity contribution in [3.05, 3.63) is 0 Å². The normalized spacial score (nSPS) is 12.8. The molecule has 6 nitrogen and oxygen atoms in total. The molecule has 0 rings (SSSR count). The highest BCUT2D eigenvalue weighted by Gasteiger charge is 2.11. The molecule has 0 amide bonds. The van der Waals surface area contributed by atoms with Crippen molar-refractivity contribution in [1.82, 2.24) is 10.1 Å². The van der Waals surface area contributed by atoms with Crippen LogP contribution in [0.2, 0.25) is 0 Å². The molecule has 0 unspecified atom stereocenters. The first kappa shape index (κ1) is 12.8. The van der Waals surface area contributed by atoms with Crippen molar-refractivity contribution >= 4 is 9.84 Å². The molecule has 0 saturated heterocycles. The minimum atomic E-state index is -3.18. The molecule has 0 bridgehead atoms. The third-order valence-corrected chi connectivity index (χ3v) is 3.06. The predicted molar refractivity (Wildman–Crippen MR) is 47.5 cm³/mol. The van der Waals surface area contributed by atoms with E-state index in [-0.39, 0.29) is 24.6 Å². The van der Waals surface area contributed by atoms with Crippen molar-refractivity contribution < 1.29 is 18.8 Å². The van der Waals surface area contributed by atoms with Gasteiger partial charge in [0.2, 0.25) is 0 Å². The van der Waals surface area contributed by atoms with Gasteiger partial charge in [0.15, 0.2) is 9.84 Å². The summed E-state index contributed by atoms with van der Waals surface area (Å²) in [6.45, 7) is 0.162. The average Bonchev–Trinajstić information content (AvgIpc) is 1.98. The van der Waals surface area contributed by atoms with Gasteiger partial charge in [-0.15, -0.1) is 0 Å². The molecule has 0 fully saturated rings. The molecule has 0 aliphatic carbocycles. The van der Waals surface area contributed by atoms with Gasteiger partial charge < -0.3 is 10.4 Å². The van der Waals surface area contributed by atoms with E-state index in [9.17, 15) is 8.42 Å². The fourth-order valence-corrected chi connectivity index (χ4v) is 1.93. The zero-order chi connectivity index (χ0) is 10.5. The van der Waals surface area contributed by atoms with Crippen molar-refractivity contribution in [2.75, 3.05) is 38.7 Å². The molecule has 0 aromatic rings. The number of hydrogen-bond acceptors (Lipinski definition) is 6. The molecule has 0 radical (unpaired) electrons. The maximum absolute atomic E-state index is 11.2. The molecule has 0 aliphatic heterocycles. The average molecular weight is 212 g/mol. The minimum absolute atomic E-state index is 0.0808. The largest absolute Gasteiger partial charge is 0.314 e. The molecule has 0 spiro atoms. The van der Waals surface area contributed by atoms with Gasteiger partial charge in [-0.25, -0.2) is 8.42 Å². The van der Waals surface area contributed by atoms with Gasteiger partial charge in [-0.05, 0) is 0 Å². The van der Waals surface area contributed by atoms with Gasteiger partial charge in [-0.2, -0.15) is 10.1 Å². The first-order valence-electron chi connectivity index (χ1n) is 3.84. The maximum Gasteiger partial charge on any atom is 0.153 e. The molecule has 7 heteroatoms. The van der Waals surface area contributed by atoms with E-state index >= 15 is 0 Å². The second kappa shape index (κ2) is 5.51. The fourth-order valence-electron chi connectivity index (χ4n) is 0.644. The van der Waals surface area contributed by atoms with E-state index in [1.54, 1.807) is 0 Å². The number of hydroxylamine groups is 4. The molecule has 0 aromatic carbocycles. The fraction of sp³-hybridized carbons (Fsp3) is 1.00. The summed E-state index contributed by atoms with van der Waals surface area (Å²) in [5.41, 5.74) is 0. The Morgan fingerprint density at radius 1 is 1.00 bits per heavy atom. The van der Waals surface area contributed by atoms with Crippen LogP contribution in [0.3, 0.4) is 0 Å². The van der Waals surface area contributed by atoms with Crippen LogP contribution in [0.5, 0.6) is 0 Å². The third-order valence-electron chi connectivity index (χ3n) is 1.45. The van der Waals surface area contributed by atoms with E-state index in [0.29, 0.717) is 0 Å². The molecule has 2 N–H and O–H groups in total. The predicted octanol–water partition coefficient (Wildman–Crippen LogP) is -0.957. The molecular weight excluding hydrogens is 196 g/mol. The maximum atomic E-state index is 11.2. The highest BCUT2D eigenvalue weighted by atomic mass is 32.2. The Labute approximate surface area is 78.2 Å². The SMILES string of the molecule is CN(O)CCS(=O)(=O)CCN(C)O. The van der Waals surface area contributed by atoms with Crippen molar-refractivity contribution in [2.24, 2.45) is 0 Å². The Hall–Kier alpha value is -0.210. The van der Waals surface area contributed by atoms with Crippen LogP contribution >= 0.6 is 0 Å². The van der Waals surface area contributed by atoms with Gasteiger partial charge in [0.05, 0.1) is 11.5 Å².